The highest BCUT2D eigenvalue weighted by Gasteiger charge is 2.45. The molecule has 0 saturated carbocycles. The normalized spacial score (nSPS) is 21.0. The first kappa shape index (κ1) is 25.3. The Hall–Kier alpha value is -4.94. The molecule has 40 heavy (non-hydrogen) atoms. The van der Waals surface area contributed by atoms with Crippen LogP contribution < -0.4 is 11.5 Å². The maximum atomic E-state index is 13.1. The Morgan fingerprint density at radius 1 is 1.15 bits per heavy atom. The lowest BCUT2D eigenvalue weighted by atomic mass is 9.85. The zero-order chi connectivity index (χ0) is 28.0. The molecule has 0 radical (unpaired) electrons. The zero-order valence-corrected chi connectivity index (χ0v) is 22.2. The van der Waals surface area contributed by atoms with Crippen LogP contribution in [-0.2, 0) is 0 Å². The SMILES string of the molecule is CN=CC=C(N)c1ccc(-c2cnn3c(N)c(C(C)=O)c(C4CC5CCC(C4)N5C(=O)c4ncn[nH]4)nc23)cn1. The Balaban J connectivity index is 1.37. The number of H-pyrrole nitrogens is 1. The lowest BCUT2D eigenvalue weighted by Gasteiger charge is -2.38. The number of nitrogens with zero attached hydrogens (tertiary/aromatic N) is 8. The summed E-state index contributed by atoms with van der Waals surface area (Å²) in [5.41, 5.74) is 16.9. The third kappa shape index (κ3) is 4.19. The van der Waals surface area contributed by atoms with Gasteiger partial charge in [-0.05, 0) is 44.7 Å². The van der Waals surface area contributed by atoms with Crippen molar-refractivity contribution in [2.45, 2.75) is 50.6 Å². The van der Waals surface area contributed by atoms with Crippen LogP contribution in [0, 0.1) is 0 Å². The van der Waals surface area contributed by atoms with Crippen LogP contribution in [0.3, 0.4) is 0 Å². The Kier molecular flexibility index (Phi) is 6.33. The molecular weight excluding hydrogens is 510 g/mol. The molecule has 2 aliphatic rings. The summed E-state index contributed by atoms with van der Waals surface area (Å²) < 4.78 is 1.51. The van der Waals surface area contributed by atoms with Crippen LogP contribution in [0.4, 0.5) is 5.82 Å². The van der Waals surface area contributed by atoms with Gasteiger partial charge in [-0.25, -0.2) is 9.97 Å². The molecule has 13 nitrogen and oxygen atoms in total. The van der Waals surface area contributed by atoms with E-state index in [0.29, 0.717) is 41.1 Å². The van der Waals surface area contributed by atoms with Crippen LogP contribution >= 0.6 is 0 Å². The maximum Gasteiger partial charge on any atom is 0.291 e. The summed E-state index contributed by atoms with van der Waals surface area (Å²) in [4.78, 5) is 45.4. The van der Waals surface area contributed by atoms with E-state index < -0.39 is 0 Å². The number of hydrogen-bond donors (Lipinski definition) is 3. The first-order valence-corrected chi connectivity index (χ1v) is 13.1. The molecule has 204 valence electrons. The summed E-state index contributed by atoms with van der Waals surface area (Å²) in [6.45, 7) is 1.49. The Morgan fingerprint density at radius 3 is 2.55 bits per heavy atom. The molecule has 2 aliphatic heterocycles. The van der Waals surface area contributed by atoms with Crippen molar-refractivity contribution in [3.05, 3.63) is 59.7 Å². The van der Waals surface area contributed by atoms with Gasteiger partial charge in [0.2, 0.25) is 5.82 Å². The average molecular weight is 540 g/mol. The number of amides is 1. The van der Waals surface area contributed by atoms with Crippen molar-refractivity contribution in [3.8, 4) is 11.1 Å². The fourth-order valence-electron chi connectivity index (χ4n) is 6.02. The molecular formula is C27H29N11O2. The topological polar surface area (TPSA) is 186 Å². The summed E-state index contributed by atoms with van der Waals surface area (Å²) >= 11 is 0. The average Bonchev–Trinajstić information content (AvgIpc) is 3.69. The third-order valence-corrected chi connectivity index (χ3v) is 7.81. The van der Waals surface area contributed by atoms with E-state index in [1.165, 1.54) is 17.8 Å². The molecule has 0 spiro atoms. The highest BCUT2D eigenvalue weighted by molar-refractivity contribution is 6.00. The van der Waals surface area contributed by atoms with Gasteiger partial charge in [0, 0.05) is 48.6 Å². The van der Waals surface area contributed by atoms with E-state index in [4.69, 9.17) is 16.5 Å². The highest BCUT2D eigenvalue weighted by Crippen LogP contribution is 2.45. The Labute approximate surface area is 229 Å². The van der Waals surface area contributed by atoms with Gasteiger partial charge < -0.3 is 16.4 Å². The van der Waals surface area contributed by atoms with E-state index in [1.54, 1.807) is 31.7 Å². The van der Waals surface area contributed by atoms with Crippen molar-refractivity contribution in [2.24, 2.45) is 10.7 Å². The van der Waals surface area contributed by atoms with Crippen molar-refractivity contribution >= 4 is 35.1 Å². The number of nitrogens with two attached hydrogens (primary N) is 2. The minimum atomic E-state index is -0.171. The Bertz CT molecular complexity index is 1640. The van der Waals surface area contributed by atoms with E-state index in [2.05, 4.69) is 30.3 Å². The van der Waals surface area contributed by atoms with E-state index in [0.717, 1.165) is 24.0 Å². The molecule has 2 atom stereocenters. The van der Waals surface area contributed by atoms with Crippen molar-refractivity contribution in [2.75, 3.05) is 12.8 Å². The van der Waals surface area contributed by atoms with Gasteiger partial charge >= 0.3 is 0 Å². The number of piperidine rings is 1. The number of aliphatic imine (C=N–C) groups is 1. The molecule has 2 unspecified atom stereocenters. The first-order chi connectivity index (χ1) is 19.4. The molecule has 5 N–H and O–H groups in total. The van der Waals surface area contributed by atoms with Crippen LogP contribution in [0.1, 0.15) is 70.9 Å². The number of nitrogens with one attached hydrogen (secondary N) is 1. The number of pyridine rings is 1. The Morgan fingerprint density at radius 2 is 1.93 bits per heavy atom. The van der Waals surface area contributed by atoms with Crippen LogP contribution in [0.15, 0.2) is 41.9 Å². The maximum absolute atomic E-state index is 13.1. The quantitative estimate of drug-likeness (QED) is 0.244. The number of carbonyl (C=O) groups excluding carboxylic acids is 2. The highest BCUT2D eigenvalue weighted by atomic mass is 16.2. The van der Waals surface area contributed by atoms with Gasteiger partial charge in [0.15, 0.2) is 11.4 Å². The molecule has 2 bridgehead atoms. The largest absolute Gasteiger partial charge is 0.397 e. The van der Waals surface area contributed by atoms with Crippen LogP contribution in [0.2, 0.25) is 0 Å². The van der Waals surface area contributed by atoms with Gasteiger partial charge in [0.25, 0.3) is 5.91 Å². The number of aromatic nitrogens is 7. The zero-order valence-electron chi connectivity index (χ0n) is 22.2. The van der Waals surface area contributed by atoms with E-state index >= 15 is 0 Å². The summed E-state index contributed by atoms with van der Waals surface area (Å²) in [6, 6.07) is 3.74. The van der Waals surface area contributed by atoms with Gasteiger partial charge in [-0.2, -0.15) is 14.7 Å². The fourth-order valence-corrected chi connectivity index (χ4v) is 6.02. The molecule has 6 rings (SSSR count). The summed E-state index contributed by atoms with van der Waals surface area (Å²) in [7, 11) is 1.67. The second kappa shape index (κ2) is 9.98. The van der Waals surface area contributed by atoms with E-state index in [-0.39, 0.29) is 41.3 Å². The monoisotopic (exact) mass is 539 g/mol. The van der Waals surface area contributed by atoms with Gasteiger partial charge in [-0.3, -0.25) is 24.7 Å². The number of hydrogen-bond acceptors (Lipinski definition) is 10. The third-order valence-electron chi connectivity index (χ3n) is 7.81. The molecule has 2 fully saturated rings. The van der Waals surface area contributed by atoms with Crippen molar-refractivity contribution in [3.63, 3.8) is 0 Å². The van der Waals surface area contributed by atoms with Crippen LogP contribution in [0.5, 0.6) is 0 Å². The van der Waals surface area contributed by atoms with Gasteiger partial charge in [0.05, 0.1) is 28.8 Å². The molecule has 2 saturated heterocycles. The minimum Gasteiger partial charge on any atom is -0.397 e. The summed E-state index contributed by atoms with van der Waals surface area (Å²) in [5, 5.41) is 11.0. The molecule has 13 heteroatoms. The molecule has 4 aromatic heterocycles. The second-order valence-electron chi connectivity index (χ2n) is 10.2. The van der Waals surface area contributed by atoms with Gasteiger partial charge in [-0.1, -0.05) is 6.07 Å². The number of aromatic amines is 1. The minimum absolute atomic E-state index is 0.0119. The fraction of sp³-hybridized carbons (Fsp3) is 0.333. The number of anilines is 1. The van der Waals surface area contributed by atoms with E-state index in [1.807, 2.05) is 17.0 Å². The van der Waals surface area contributed by atoms with Crippen molar-refractivity contribution < 1.29 is 9.59 Å². The molecule has 0 aromatic carbocycles. The number of rotatable bonds is 6. The van der Waals surface area contributed by atoms with Gasteiger partial charge in [-0.15, -0.1) is 0 Å². The number of Topliss-reactive ketones (excluding diaryl/α,β-unsaturated/α-hetero) is 1. The molecule has 6 heterocycles. The van der Waals surface area contributed by atoms with Gasteiger partial charge in [0.1, 0.15) is 12.1 Å². The second-order valence-corrected chi connectivity index (χ2v) is 10.2. The lowest BCUT2D eigenvalue weighted by molar-refractivity contribution is 0.0556. The number of carbonyl (C=O) groups is 2. The predicted octanol–water partition coefficient (Wildman–Crippen LogP) is 2.25. The number of ketones is 1. The van der Waals surface area contributed by atoms with E-state index in [9.17, 15) is 9.59 Å². The molecule has 1 amide bonds. The predicted molar refractivity (Wildman–Crippen MR) is 149 cm³/mol. The van der Waals surface area contributed by atoms with Crippen LogP contribution in [-0.4, -0.2) is 76.7 Å². The summed E-state index contributed by atoms with van der Waals surface area (Å²) in [5.74, 6) is 0.126. The number of allylic oxidation sites excluding steroid dienone is 1. The van der Waals surface area contributed by atoms with Crippen LogP contribution in [0.25, 0.3) is 22.5 Å². The summed E-state index contributed by atoms with van der Waals surface area (Å²) in [6.07, 6.45) is 11.1. The standard InChI is InChI=1S/C27H29N11O2/c1-14(39)22-23(16-9-17-4-5-18(10-16)37(17)27(40)25-32-13-33-36-25)35-26-19(12-34-38(26)24(22)29)15-3-6-21(31-11-15)20(28)7-8-30-2/h3,6-8,11-13,16-18H,4-5,9-10,28-29H2,1-2H3,(H,32,33,36). The molecule has 0 aliphatic carbocycles. The number of fused-ring (bicyclic) bond motifs is 3. The van der Waals surface area contributed by atoms with Crippen molar-refractivity contribution in [1.29, 1.82) is 0 Å². The first-order valence-electron chi connectivity index (χ1n) is 13.1. The smallest absolute Gasteiger partial charge is 0.291 e. The molecule has 4 aromatic rings. The number of nitrogen functional groups attached to an aromatic ring is 1. The van der Waals surface area contributed by atoms with Crippen molar-refractivity contribution in [1.82, 2.24) is 39.7 Å². The lowest BCUT2D eigenvalue weighted by Crippen LogP contribution is -2.46.